The molecule has 0 amide bonds. The fraction of sp³-hybridized carbons (Fsp3) is 0.474. The summed E-state index contributed by atoms with van der Waals surface area (Å²) in [6.45, 7) is 0.0332. The van der Waals surface area contributed by atoms with E-state index in [1.54, 1.807) is 0 Å². The molecule has 0 aromatic carbocycles. The fourth-order valence-corrected chi connectivity index (χ4v) is 4.27. The van der Waals surface area contributed by atoms with Crippen LogP contribution >= 0.6 is 0 Å². The van der Waals surface area contributed by atoms with Crippen LogP contribution in [0.3, 0.4) is 0 Å². The standard InChI is InChI=1S/C19H16F6N6O/c20-18(21,22)9-31-17-13(4-28-31)27-5-15(29-17)30-6-10-11(7-30)12(10)8-32-14-2-1-3-26-16(14)19(23,24)25/h1-5,10-12H,6-9H2/t10-,11+,12?. The second-order valence-electron chi connectivity index (χ2n) is 7.91. The number of rotatable bonds is 5. The minimum Gasteiger partial charge on any atom is -0.491 e. The molecule has 0 N–H and O–H groups in total. The monoisotopic (exact) mass is 458 g/mol. The van der Waals surface area contributed by atoms with Crippen LogP contribution in [-0.2, 0) is 12.7 Å². The molecule has 4 heterocycles. The lowest BCUT2D eigenvalue weighted by Gasteiger charge is -2.21. The van der Waals surface area contributed by atoms with E-state index in [-0.39, 0.29) is 41.3 Å². The van der Waals surface area contributed by atoms with Gasteiger partial charge in [0.05, 0.1) is 19.0 Å². The van der Waals surface area contributed by atoms with Crippen molar-refractivity contribution in [1.29, 1.82) is 0 Å². The number of hydrogen-bond donors (Lipinski definition) is 0. The molecule has 7 nitrogen and oxygen atoms in total. The van der Waals surface area contributed by atoms with E-state index in [4.69, 9.17) is 4.74 Å². The summed E-state index contributed by atoms with van der Waals surface area (Å²) in [4.78, 5) is 13.7. The van der Waals surface area contributed by atoms with Crippen LogP contribution in [0, 0.1) is 17.8 Å². The highest BCUT2D eigenvalue weighted by molar-refractivity contribution is 5.71. The van der Waals surface area contributed by atoms with Gasteiger partial charge in [-0.25, -0.2) is 19.6 Å². The van der Waals surface area contributed by atoms with Gasteiger partial charge in [0.25, 0.3) is 0 Å². The van der Waals surface area contributed by atoms with Crippen molar-refractivity contribution in [2.45, 2.75) is 18.9 Å². The number of nitrogens with zero attached hydrogens (tertiary/aromatic N) is 6. The lowest BCUT2D eigenvalue weighted by atomic mass is 10.2. The van der Waals surface area contributed by atoms with Gasteiger partial charge >= 0.3 is 12.4 Å². The Balaban J connectivity index is 1.23. The van der Waals surface area contributed by atoms with Crippen LogP contribution in [0.4, 0.5) is 32.2 Å². The zero-order valence-electron chi connectivity index (χ0n) is 16.3. The van der Waals surface area contributed by atoms with E-state index in [9.17, 15) is 26.3 Å². The smallest absolute Gasteiger partial charge is 0.437 e. The molecule has 1 saturated carbocycles. The van der Waals surface area contributed by atoms with Crippen LogP contribution in [0.25, 0.3) is 11.2 Å². The average molecular weight is 458 g/mol. The molecule has 3 atom stereocenters. The minimum atomic E-state index is -4.59. The van der Waals surface area contributed by atoms with E-state index in [1.165, 1.54) is 24.5 Å². The predicted molar refractivity (Wildman–Crippen MR) is 98.8 cm³/mol. The number of anilines is 1. The molecular formula is C19H16F6N6O. The number of ether oxygens (including phenoxy) is 1. The van der Waals surface area contributed by atoms with Crippen molar-refractivity contribution in [1.82, 2.24) is 24.7 Å². The van der Waals surface area contributed by atoms with Crippen LogP contribution in [0.15, 0.2) is 30.7 Å². The summed E-state index contributed by atoms with van der Waals surface area (Å²) in [5.74, 6) is 0.660. The highest BCUT2D eigenvalue weighted by Gasteiger charge is 2.56. The summed E-state index contributed by atoms with van der Waals surface area (Å²) < 4.78 is 83.5. The first-order chi connectivity index (χ1) is 15.1. The number of piperidine rings is 1. The van der Waals surface area contributed by atoms with Gasteiger partial charge in [0.1, 0.15) is 23.6 Å². The van der Waals surface area contributed by atoms with Gasteiger partial charge < -0.3 is 9.64 Å². The van der Waals surface area contributed by atoms with Gasteiger partial charge in [-0.05, 0) is 24.0 Å². The summed E-state index contributed by atoms with van der Waals surface area (Å²) in [6, 6.07) is 2.63. The molecule has 1 aliphatic heterocycles. The Labute approximate surface area is 177 Å². The Morgan fingerprint density at radius 1 is 1.03 bits per heavy atom. The van der Waals surface area contributed by atoms with Crippen molar-refractivity contribution in [3.8, 4) is 5.75 Å². The van der Waals surface area contributed by atoms with Gasteiger partial charge in [-0.15, -0.1) is 0 Å². The number of fused-ring (bicyclic) bond motifs is 2. The summed E-state index contributed by atoms with van der Waals surface area (Å²) in [7, 11) is 0. The van der Waals surface area contributed by atoms with Crippen LogP contribution in [-0.4, -0.2) is 50.6 Å². The first-order valence-corrected chi connectivity index (χ1v) is 9.75. The highest BCUT2D eigenvalue weighted by Crippen LogP contribution is 2.52. The summed E-state index contributed by atoms with van der Waals surface area (Å²) in [6.07, 6.45) is -5.23. The first-order valence-electron chi connectivity index (χ1n) is 9.75. The lowest BCUT2D eigenvalue weighted by Crippen LogP contribution is -2.27. The molecule has 1 unspecified atom stereocenters. The maximum absolute atomic E-state index is 13.0. The van der Waals surface area contributed by atoms with Gasteiger partial charge in [-0.1, -0.05) is 0 Å². The third-order valence-corrected chi connectivity index (χ3v) is 5.83. The molecule has 32 heavy (non-hydrogen) atoms. The number of aromatic nitrogens is 5. The Morgan fingerprint density at radius 3 is 2.47 bits per heavy atom. The van der Waals surface area contributed by atoms with Crippen molar-refractivity contribution in [2.24, 2.45) is 17.8 Å². The Morgan fingerprint density at radius 2 is 1.78 bits per heavy atom. The maximum atomic E-state index is 13.0. The zero-order valence-corrected chi connectivity index (χ0v) is 16.3. The SMILES string of the molecule is FC(F)(F)Cn1ncc2ncc(N3C[C@@H]4C(COc5cccnc5C(F)(F)F)[C@@H]4C3)nc21. The van der Waals surface area contributed by atoms with E-state index in [2.05, 4.69) is 20.1 Å². The molecule has 1 saturated heterocycles. The second-order valence-corrected chi connectivity index (χ2v) is 7.91. The van der Waals surface area contributed by atoms with Crippen molar-refractivity contribution >= 4 is 17.0 Å². The van der Waals surface area contributed by atoms with Gasteiger partial charge in [0.2, 0.25) is 0 Å². The Kier molecular flexibility index (Phi) is 4.67. The highest BCUT2D eigenvalue weighted by atomic mass is 19.4. The van der Waals surface area contributed by atoms with Crippen molar-refractivity contribution in [2.75, 3.05) is 24.6 Å². The molecule has 1 aliphatic carbocycles. The van der Waals surface area contributed by atoms with E-state index in [0.717, 1.165) is 10.9 Å². The van der Waals surface area contributed by atoms with Crippen molar-refractivity contribution < 1.29 is 31.1 Å². The second kappa shape index (κ2) is 7.20. The molecule has 13 heteroatoms. The number of halogens is 6. The number of pyridine rings is 1. The third-order valence-electron chi connectivity index (χ3n) is 5.83. The van der Waals surface area contributed by atoms with E-state index in [1.807, 2.05) is 4.90 Å². The van der Waals surface area contributed by atoms with E-state index >= 15 is 0 Å². The molecule has 0 radical (unpaired) electrons. The topological polar surface area (TPSA) is 69.0 Å². The van der Waals surface area contributed by atoms with Gasteiger partial charge in [0.15, 0.2) is 11.3 Å². The van der Waals surface area contributed by atoms with Crippen LogP contribution < -0.4 is 9.64 Å². The summed E-state index contributed by atoms with van der Waals surface area (Å²) >= 11 is 0. The molecule has 0 bridgehead atoms. The molecule has 5 rings (SSSR count). The molecule has 3 aromatic rings. The molecule has 0 spiro atoms. The van der Waals surface area contributed by atoms with E-state index in [0.29, 0.717) is 18.9 Å². The normalized spacial score (nSPS) is 22.9. The van der Waals surface area contributed by atoms with Crippen LogP contribution in [0.2, 0.25) is 0 Å². The van der Waals surface area contributed by atoms with Crippen molar-refractivity contribution in [3.05, 3.63) is 36.4 Å². The van der Waals surface area contributed by atoms with Gasteiger partial charge in [-0.2, -0.15) is 31.4 Å². The van der Waals surface area contributed by atoms with Gasteiger partial charge in [-0.3, -0.25) is 0 Å². The zero-order chi connectivity index (χ0) is 22.7. The number of alkyl halides is 6. The molecule has 2 fully saturated rings. The number of hydrogen-bond acceptors (Lipinski definition) is 6. The van der Waals surface area contributed by atoms with E-state index < -0.39 is 24.6 Å². The summed E-state index contributed by atoms with van der Waals surface area (Å²) in [5.41, 5.74) is -0.728. The van der Waals surface area contributed by atoms with Crippen LogP contribution in [0.5, 0.6) is 5.75 Å². The Bertz CT molecular complexity index is 1130. The van der Waals surface area contributed by atoms with Gasteiger partial charge in [0, 0.05) is 25.2 Å². The fourth-order valence-electron chi connectivity index (χ4n) is 4.27. The molecule has 170 valence electrons. The lowest BCUT2D eigenvalue weighted by molar-refractivity contribution is -0.143. The first kappa shape index (κ1) is 20.8. The summed E-state index contributed by atoms with van der Waals surface area (Å²) in [5, 5.41) is 3.71. The minimum absolute atomic E-state index is 0.0524. The quantitative estimate of drug-likeness (QED) is 0.545. The maximum Gasteiger partial charge on any atom is 0.437 e. The Hall–Kier alpha value is -3.12. The third kappa shape index (κ3) is 3.91. The van der Waals surface area contributed by atoms with Crippen LogP contribution in [0.1, 0.15) is 5.69 Å². The predicted octanol–water partition coefficient (Wildman–Crippen LogP) is 3.56. The molecule has 2 aliphatic rings. The average Bonchev–Trinajstić information content (AvgIpc) is 3.03. The molecular weight excluding hydrogens is 442 g/mol. The largest absolute Gasteiger partial charge is 0.491 e. The van der Waals surface area contributed by atoms with Crippen molar-refractivity contribution in [3.63, 3.8) is 0 Å². The molecule has 3 aromatic heterocycles.